The molecule has 31 heavy (non-hydrogen) atoms. The van der Waals surface area contributed by atoms with Crippen LogP contribution in [-0.4, -0.2) is 25.2 Å². The molecule has 3 rings (SSSR count). The summed E-state index contributed by atoms with van der Waals surface area (Å²) in [5, 5.41) is 4.54. The van der Waals surface area contributed by atoms with E-state index in [1.165, 1.54) is 31.5 Å². The standard InChI is InChI=1S/C22H15BrCl2N2O4/c1-30-20-9-13(12-26-27-21(28)14-3-2-4-16(23)10-14)5-8-19(20)31-22(29)15-6-7-17(24)18(25)11-15/h2-12H,1H3,(H,27,28). The average Bonchev–Trinajstić information content (AvgIpc) is 2.76. The number of ether oxygens (including phenoxy) is 2. The van der Waals surface area contributed by atoms with Crippen LogP contribution < -0.4 is 14.9 Å². The number of hydrazone groups is 1. The van der Waals surface area contributed by atoms with Gasteiger partial charge in [-0.05, 0) is 60.2 Å². The van der Waals surface area contributed by atoms with E-state index in [9.17, 15) is 9.59 Å². The van der Waals surface area contributed by atoms with Crippen LogP contribution in [0.25, 0.3) is 0 Å². The third kappa shape index (κ3) is 6.07. The molecule has 0 fully saturated rings. The largest absolute Gasteiger partial charge is 0.493 e. The molecule has 0 aliphatic rings. The topological polar surface area (TPSA) is 77.0 Å². The normalized spacial score (nSPS) is 10.7. The van der Waals surface area contributed by atoms with Crippen LogP contribution in [0.4, 0.5) is 0 Å². The van der Waals surface area contributed by atoms with Crippen LogP contribution in [0.2, 0.25) is 10.0 Å². The third-order valence-electron chi connectivity index (χ3n) is 4.01. The summed E-state index contributed by atoms with van der Waals surface area (Å²) in [6.07, 6.45) is 1.45. The van der Waals surface area contributed by atoms with E-state index in [1.807, 2.05) is 6.07 Å². The Kier molecular flexibility index (Phi) is 7.68. The van der Waals surface area contributed by atoms with Crippen molar-refractivity contribution in [3.05, 3.63) is 91.9 Å². The smallest absolute Gasteiger partial charge is 0.343 e. The molecule has 6 nitrogen and oxygen atoms in total. The SMILES string of the molecule is COc1cc(C=NNC(=O)c2cccc(Br)c2)ccc1OC(=O)c1ccc(Cl)c(Cl)c1. The van der Waals surface area contributed by atoms with Gasteiger partial charge in [-0.25, -0.2) is 10.2 Å². The van der Waals surface area contributed by atoms with Gasteiger partial charge in [0.1, 0.15) is 0 Å². The van der Waals surface area contributed by atoms with Crippen LogP contribution in [0.1, 0.15) is 26.3 Å². The maximum Gasteiger partial charge on any atom is 0.343 e. The fourth-order valence-electron chi connectivity index (χ4n) is 2.49. The molecule has 0 radical (unpaired) electrons. The highest BCUT2D eigenvalue weighted by atomic mass is 79.9. The number of rotatable bonds is 6. The van der Waals surface area contributed by atoms with Crippen molar-refractivity contribution in [3.63, 3.8) is 0 Å². The summed E-state index contributed by atoms with van der Waals surface area (Å²) in [7, 11) is 1.45. The highest BCUT2D eigenvalue weighted by molar-refractivity contribution is 9.10. The predicted octanol–water partition coefficient (Wildman–Crippen LogP) is 5.75. The molecule has 0 heterocycles. The third-order valence-corrected chi connectivity index (χ3v) is 5.24. The number of benzene rings is 3. The molecule has 0 bridgehead atoms. The van der Waals surface area contributed by atoms with Crippen LogP contribution in [0.5, 0.6) is 11.5 Å². The van der Waals surface area contributed by atoms with Crippen molar-refractivity contribution in [2.24, 2.45) is 5.10 Å². The highest BCUT2D eigenvalue weighted by Crippen LogP contribution is 2.29. The monoisotopic (exact) mass is 520 g/mol. The van der Waals surface area contributed by atoms with Gasteiger partial charge >= 0.3 is 5.97 Å². The van der Waals surface area contributed by atoms with Gasteiger partial charge in [0.15, 0.2) is 11.5 Å². The van der Waals surface area contributed by atoms with E-state index in [2.05, 4.69) is 26.5 Å². The first-order chi connectivity index (χ1) is 14.9. The van der Waals surface area contributed by atoms with Gasteiger partial charge < -0.3 is 9.47 Å². The van der Waals surface area contributed by atoms with Crippen LogP contribution in [0, 0.1) is 0 Å². The van der Waals surface area contributed by atoms with Crippen molar-refractivity contribution >= 4 is 57.2 Å². The summed E-state index contributed by atoms with van der Waals surface area (Å²) in [6.45, 7) is 0. The second-order valence-electron chi connectivity index (χ2n) is 6.14. The van der Waals surface area contributed by atoms with Gasteiger partial charge in [-0.15, -0.1) is 0 Å². The van der Waals surface area contributed by atoms with Crippen LogP contribution in [-0.2, 0) is 0 Å². The highest BCUT2D eigenvalue weighted by Gasteiger charge is 2.14. The number of esters is 1. The number of nitrogens with zero attached hydrogens (tertiary/aromatic N) is 1. The van der Waals surface area contributed by atoms with E-state index in [1.54, 1.807) is 36.4 Å². The molecule has 0 aliphatic carbocycles. The summed E-state index contributed by atoms with van der Waals surface area (Å²) in [5.41, 5.74) is 3.79. The lowest BCUT2D eigenvalue weighted by atomic mass is 10.2. The number of amides is 1. The Labute approximate surface area is 196 Å². The number of hydrogen-bond donors (Lipinski definition) is 1. The Morgan fingerprint density at radius 3 is 2.48 bits per heavy atom. The van der Waals surface area contributed by atoms with Crippen molar-refractivity contribution in [3.8, 4) is 11.5 Å². The summed E-state index contributed by atoms with van der Waals surface area (Å²) in [4.78, 5) is 24.5. The Morgan fingerprint density at radius 1 is 0.968 bits per heavy atom. The van der Waals surface area contributed by atoms with Gasteiger partial charge in [0.05, 0.1) is 28.9 Å². The minimum absolute atomic E-state index is 0.217. The van der Waals surface area contributed by atoms with Gasteiger partial charge in [-0.1, -0.05) is 45.2 Å². The number of carbonyl (C=O) groups is 2. The molecule has 3 aromatic rings. The zero-order valence-electron chi connectivity index (χ0n) is 16.1. The first kappa shape index (κ1) is 22.8. The number of nitrogens with one attached hydrogen (secondary N) is 1. The molecule has 0 saturated heterocycles. The molecule has 0 spiro atoms. The molecule has 0 aliphatic heterocycles. The number of methoxy groups -OCH3 is 1. The molecule has 0 atom stereocenters. The van der Waals surface area contributed by atoms with Crippen LogP contribution in [0.15, 0.2) is 70.2 Å². The van der Waals surface area contributed by atoms with E-state index in [4.69, 9.17) is 32.7 Å². The maximum absolute atomic E-state index is 12.4. The lowest BCUT2D eigenvalue weighted by Crippen LogP contribution is -2.17. The molecule has 3 aromatic carbocycles. The minimum atomic E-state index is -0.612. The molecular weight excluding hydrogens is 507 g/mol. The van der Waals surface area contributed by atoms with Crippen LogP contribution >= 0.6 is 39.1 Å². The minimum Gasteiger partial charge on any atom is -0.493 e. The molecule has 1 amide bonds. The predicted molar refractivity (Wildman–Crippen MR) is 124 cm³/mol. The van der Waals surface area contributed by atoms with Crippen LogP contribution in [0.3, 0.4) is 0 Å². The maximum atomic E-state index is 12.4. The second kappa shape index (κ2) is 10.4. The summed E-state index contributed by atoms with van der Waals surface area (Å²) in [6, 6.07) is 16.2. The van der Waals surface area contributed by atoms with E-state index in [0.717, 1.165) is 4.47 Å². The Morgan fingerprint density at radius 2 is 1.77 bits per heavy atom. The van der Waals surface area contributed by atoms with Crippen molar-refractivity contribution < 1.29 is 19.1 Å². The lowest BCUT2D eigenvalue weighted by Gasteiger charge is -2.10. The van der Waals surface area contributed by atoms with Gasteiger partial charge in [0.25, 0.3) is 5.91 Å². The first-order valence-corrected chi connectivity index (χ1v) is 10.4. The fraction of sp³-hybridized carbons (Fsp3) is 0.0455. The zero-order chi connectivity index (χ0) is 22.4. The Bertz CT molecular complexity index is 1170. The van der Waals surface area contributed by atoms with E-state index >= 15 is 0 Å². The molecule has 0 aromatic heterocycles. The Hall–Kier alpha value is -2.87. The zero-order valence-corrected chi connectivity index (χ0v) is 19.2. The van der Waals surface area contributed by atoms with Gasteiger partial charge in [0, 0.05) is 10.0 Å². The number of halogens is 3. The molecule has 158 valence electrons. The van der Waals surface area contributed by atoms with Crippen molar-refractivity contribution in [1.82, 2.24) is 5.43 Å². The van der Waals surface area contributed by atoms with Gasteiger partial charge in [-0.2, -0.15) is 5.10 Å². The van der Waals surface area contributed by atoms with Gasteiger partial charge in [0.2, 0.25) is 0 Å². The Balaban J connectivity index is 1.69. The fourth-order valence-corrected chi connectivity index (χ4v) is 3.19. The molecule has 9 heteroatoms. The summed E-state index contributed by atoms with van der Waals surface area (Å²) in [5.74, 6) is -0.430. The number of carbonyl (C=O) groups excluding carboxylic acids is 2. The number of hydrogen-bond acceptors (Lipinski definition) is 5. The summed E-state index contributed by atoms with van der Waals surface area (Å²) >= 11 is 15.1. The van der Waals surface area contributed by atoms with E-state index in [-0.39, 0.29) is 22.2 Å². The van der Waals surface area contributed by atoms with Gasteiger partial charge in [-0.3, -0.25) is 4.79 Å². The molecule has 1 N–H and O–H groups in total. The van der Waals surface area contributed by atoms with Crippen molar-refractivity contribution in [2.45, 2.75) is 0 Å². The van der Waals surface area contributed by atoms with Crippen molar-refractivity contribution in [2.75, 3.05) is 7.11 Å². The van der Waals surface area contributed by atoms with Crippen molar-refractivity contribution in [1.29, 1.82) is 0 Å². The van der Waals surface area contributed by atoms with E-state index < -0.39 is 5.97 Å². The summed E-state index contributed by atoms with van der Waals surface area (Å²) < 4.78 is 11.5. The van der Waals surface area contributed by atoms with E-state index in [0.29, 0.717) is 21.9 Å². The second-order valence-corrected chi connectivity index (χ2v) is 7.87. The molecular formula is C22H15BrCl2N2O4. The quantitative estimate of drug-likeness (QED) is 0.194. The lowest BCUT2D eigenvalue weighted by molar-refractivity contribution is 0.0729. The molecule has 0 unspecified atom stereocenters. The first-order valence-electron chi connectivity index (χ1n) is 8.81. The average molecular weight is 522 g/mol. The molecule has 0 saturated carbocycles.